The molecule has 4 heteroatoms. The number of carbonyl (C=O) groups excluding carboxylic acids is 1. The van der Waals surface area contributed by atoms with E-state index in [1.807, 2.05) is 24.3 Å². The van der Waals surface area contributed by atoms with E-state index in [4.69, 9.17) is 4.74 Å². The number of nitrogens with one attached hydrogen (secondary N) is 1. The molecule has 1 atom stereocenters. The molecule has 0 spiro atoms. The molecule has 2 rings (SSSR count). The van der Waals surface area contributed by atoms with Crippen LogP contribution in [-0.2, 0) is 9.53 Å². The number of rotatable bonds is 1. The lowest BCUT2D eigenvalue weighted by Crippen LogP contribution is -2.28. The van der Waals surface area contributed by atoms with Crippen molar-refractivity contribution < 1.29 is 9.53 Å². The van der Waals surface area contributed by atoms with Gasteiger partial charge in [0.2, 0.25) is 0 Å². The normalized spacial score (nSPS) is 21.9. The molecule has 80 valence electrons. The molecule has 1 amide bonds. The summed E-state index contributed by atoms with van der Waals surface area (Å²) in [6.45, 7) is 1.32. The number of hydrogen-bond donors (Lipinski definition) is 1. The lowest BCUT2D eigenvalue weighted by molar-refractivity contribution is -0.131. The summed E-state index contributed by atoms with van der Waals surface area (Å²) in [5, 5.41) is 2.83. The van der Waals surface area contributed by atoms with E-state index in [0.717, 1.165) is 16.5 Å². The molecule has 0 aliphatic carbocycles. The molecule has 0 bridgehead atoms. The second-order valence-corrected chi connectivity index (χ2v) is 4.37. The van der Waals surface area contributed by atoms with Crippen molar-refractivity contribution in [3.05, 3.63) is 34.3 Å². The highest BCUT2D eigenvalue weighted by molar-refractivity contribution is 9.10. The maximum atomic E-state index is 11.7. The summed E-state index contributed by atoms with van der Waals surface area (Å²) in [7, 11) is 0. The van der Waals surface area contributed by atoms with E-state index in [2.05, 4.69) is 21.2 Å². The highest BCUT2D eigenvalue weighted by atomic mass is 79.9. The van der Waals surface area contributed by atoms with Gasteiger partial charge in [0.1, 0.15) is 0 Å². The van der Waals surface area contributed by atoms with Gasteiger partial charge in [-0.15, -0.1) is 0 Å². The van der Waals surface area contributed by atoms with Gasteiger partial charge in [-0.2, -0.15) is 0 Å². The van der Waals surface area contributed by atoms with E-state index in [1.165, 1.54) is 0 Å². The molecule has 1 aliphatic heterocycles. The van der Waals surface area contributed by atoms with E-state index in [1.54, 1.807) is 0 Å². The Morgan fingerprint density at radius 1 is 1.47 bits per heavy atom. The van der Waals surface area contributed by atoms with Crippen molar-refractivity contribution in [3.63, 3.8) is 0 Å². The topological polar surface area (TPSA) is 38.3 Å². The number of hydrogen-bond acceptors (Lipinski definition) is 2. The van der Waals surface area contributed by atoms with E-state index >= 15 is 0 Å². The second-order valence-electron chi connectivity index (χ2n) is 3.45. The van der Waals surface area contributed by atoms with Crippen LogP contribution in [0.1, 0.15) is 18.1 Å². The molecule has 1 N–H and O–H groups in total. The van der Waals surface area contributed by atoms with Crippen molar-refractivity contribution in [3.8, 4) is 0 Å². The molecule has 1 aromatic carbocycles. The van der Waals surface area contributed by atoms with Gasteiger partial charge in [-0.25, -0.2) is 0 Å². The summed E-state index contributed by atoms with van der Waals surface area (Å²) in [6, 6.07) is 7.65. The third-order valence-electron chi connectivity index (χ3n) is 2.29. The minimum atomic E-state index is -0.468. The van der Waals surface area contributed by atoms with Crippen LogP contribution in [0.3, 0.4) is 0 Å². The van der Waals surface area contributed by atoms with Gasteiger partial charge in [0.05, 0.1) is 0 Å². The van der Waals surface area contributed by atoms with Gasteiger partial charge in [0, 0.05) is 17.6 Å². The largest absolute Gasteiger partial charge is 0.364 e. The first-order valence-electron chi connectivity index (χ1n) is 4.92. The molecule has 15 heavy (non-hydrogen) atoms. The average Bonchev–Trinajstić information content (AvgIpc) is 2.43. The Balaban J connectivity index is 2.24. The van der Waals surface area contributed by atoms with Crippen LogP contribution in [0.2, 0.25) is 0 Å². The fraction of sp³-hybridized carbons (Fsp3) is 0.364. The Kier molecular flexibility index (Phi) is 3.38. The summed E-state index contributed by atoms with van der Waals surface area (Å²) in [5.41, 5.74) is 0.892. The van der Waals surface area contributed by atoms with Crippen molar-refractivity contribution in [1.29, 1.82) is 0 Å². The molecule has 0 saturated carbocycles. The maximum Gasteiger partial charge on any atom is 0.253 e. The summed E-state index contributed by atoms with van der Waals surface area (Å²) in [5.74, 6) is -0.0504. The zero-order valence-electron chi connectivity index (χ0n) is 8.20. The van der Waals surface area contributed by atoms with E-state index in [9.17, 15) is 4.79 Å². The number of ether oxygens (including phenoxy) is 1. The Morgan fingerprint density at radius 3 is 3.13 bits per heavy atom. The third kappa shape index (κ3) is 2.58. The molecule has 0 aromatic heterocycles. The summed E-state index contributed by atoms with van der Waals surface area (Å²) in [4.78, 5) is 11.7. The van der Waals surface area contributed by atoms with Crippen molar-refractivity contribution in [1.82, 2.24) is 5.32 Å². The molecule has 0 radical (unpaired) electrons. The van der Waals surface area contributed by atoms with Gasteiger partial charge in [0.25, 0.3) is 5.91 Å². The number of benzene rings is 1. The Hall–Kier alpha value is -0.870. The van der Waals surface area contributed by atoms with Crippen molar-refractivity contribution >= 4 is 21.8 Å². The molecular weight excluding hydrogens is 258 g/mol. The Bertz CT molecular complexity index is 367. The minimum Gasteiger partial charge on any atom is -0.364 e. The number of carbonyl (C=O) groups is 1. The van der Waals surface area contributed by atoms with Crippen LogP contribution in [0.4, 0.5) is 0 Å². The maximum absolute atomic E-state index is 11.7. The molecule has 1 aromatic rings. The standard InChI is InChI=1S/C11H12BrNO2/c12-9-4-1-3-8(7-9)10-11(14)13-5-2-6-15-10/h1,3-4,7,10H,2,5-6H2,(H,13,14)/t10-/m1/s1. The van der Waals surface area contributed by atoms with Crippen molar-refractivity contribution in [2.24, 2.45) is 0 Å². The van der Waals surface area contributed by atoms with Gasteiger partial charge >= 0.3 is 0 Å². The molecule has 1 aliphatic rings. The minimum absolute atomic E-state index is 0.0504. The lowest BCUT2D eigenvalue weighted by atomic mass is 10.1. The van der Waals surface area contributed by atoms with Gasteiger partial charge < -0.3 is 10.1 Å². The summed E-state index contributed by atoms with van der Waals surface area (Å²) in [6.07, 6.45) is 0.404. The van der Waals surface area contributed by atoms with Gasteiger partial charge in [-0.3, -0.25) is 4.79 Å². The molecule has 1 heterocycles. The Labute approximate surface area is 96.9 Å². The first-order chi connectivity index (χ1) is 7.27. The third-order valence-corrected chi connectivity index (χ3v) is 2.79. The predicted octanol–water partition coefficient (Wildman–Crippen LogP) is 2.03. The predicted molar refractivity (Wildman–Crippen MR) is 60.5 cm³/mol. The van der Waals surface area contributed by atoms with Crippen LogP contribution >= 0.6 is 15.9 Å². The van der Waals surface area contributed by atoms with E-state index in [0.29, 0.717) is 13.2 Å². The highest BCUT2D eigenvalue weighted by Gasteiger charge is 2.23. The van der Waals surface area contributed by atoms with Crippen LogP contribution in [0.5, 0.6) is 0 Å². The summed E-state index contributed by atoms with van der Waals surface area (Å²) < 4.78 is 6.48. The van der Waals surface area contributed by atoms with Crippen LogP contribution in [0, 0.1) is 0 Å². The quantitative estimate of drug-likeness (QED) is 0.847. The zero-order valence-corrected chi connectivity index (χ0v) is 9.79. The molecule has 1 fully saturated rings. The van der Waals surface area contributed by atoms with Gasteiger partial charge in [-0.1, -0.05) is 28.1 Å². The summed E-state index contributed by atoms with van der Waals surface area (Å²) >= 11 is 3.38. The number of halogens is 1. The average molecular weight is 270 g/mol. The highest BCUT2D eigenvalue weighted by Crippen LogP contribution is 2.22. The number of amides is 1. The molecule has 1 saturated heterocycles. The SMILES string of the molecule is O=C1NCCCO[C@@H]1c1cccc(Br)c1. The monoisotopic (exact) mass is 269 g/mol. The van der Waals surface area contributed by atoms with Gasteiger partial charge in [-0.05, 0) is 24.1 Å². The lowest BCUT2D eigenvalue weighted by Gasteiger charge is -2.14. The van der Waals surface area contributed by atoms with Crippen LogP contribution in [0.15, 0.2) is 28.7 Å². The van der Waals surface area contributed by atoms with Crippen LogP contribution < -0.4 is 5.32 Å². The van der Waals surface area contributed by atoms with Crippen molar-refractivity contribution in [2.75, 3.05) is 13.2 Å². The smallest absolute Gasteiger partial charge is 0.253 e. The van der Waals surface area contributed by atoms with Crippen LogP contribution in [-0.4, -0.2) is 19.1 Å². The molecule has 3 nitrogen and oxygen atoms in total. The van der Waals surface area contributed by atoms with Gasteiger partial charge in [0.15, 0.2) is 6.10 Å². The Morgan fingerprint density at radius 2 is 2.33 bits per heavy atom. The first-order valence-corrected chi connectivity index (χ1v) is 5.71. The van der Waals surface area contributed by atoms with Crippen LogP contribution in [0.25, 0.3) is 0 Å². The van der Waals surface area contributed by atoms with Crippen molar-refractivity contribution in [2.45, 2.75) is 12.5 Å². The molecule has 0 unspecified atom stereocenters. The molecular formula is C11H12BrNO2. The van der Waals surface area contributed by atoms with E-state index < -0.39 is 6.10 Å². The fourth-order valence-corrected chi connectivity index (χ4v) is 1.99. The second kappa shape index (κ2) is 4.77. The zero-order chi connectivity index (χ0) is 10.7. The fourth-order valence-electron chi connectivity index (χ4n) is 1.57. The first kappa shape index (κ1) is 10.6. The van der Waals surface area contributed by atoms with E-state index in [-0.39, 0.29) is 5.91 Å².